The number of thiophene rings is 1. The Kier molecular flexibility index (Phi) is 4.86. The summed E-state index contributed by atoms with van der Waals surface area (Å²) >= 11 is 1.15. The molecule has 1 aromatic heterocycles. The number of hydrogen-bond acceptors (Lipinski definition) is 5. The van der Waals surface area contributed by atoms with E-state index in [9.17, 15) is 8.42 Å². The normalized spacial score (nSPS) is 20.1. The minimum Gasteiger partial charge on any atom is -0.392 e. The van der Waals surface area contributed by atoms with Crippen LogP contribution < -0.4 is 4.72 Å². The van der Waals surface area contributed by atoms with E-state index >= 15 is 0 Å². The van der Waals surface area contributed by atoms with Gasteiger partial charge in [0.1, 0.15) is 4.21 Å². The highest BCUT2D eigenvalue weighted by Gasteiger charge is 2.30. The van der Waals surface area contributed by atoms with E-state index in [0.717, 1.165) is 37.3 Å². The van der Waals surface area contributed by atoms with Crippen LogP contribution in [0.15, 0.2) is 15.7 Å². The number of rotatable bonds is 5. The van der Waals surface area contributed by atoms with Crippen molar-refractivity contribution in [3.63, 3.8) is 0 Å². The van der Waals surface area contributed by atoms with Gasteiger partial charge < -0.3 is 10.0 Å². The van der Waals surface area contributed by atoms with E-state index in [1.165, 1.54) is 6.07 Å². The number of piperidine rings is 1. The summed E-state index contributed by atoms with van der Waals surface area (Å²) in [5.41, 5.74) is 0.664. The van der Waals surface area contributed by atoms with Crippen LogP contribution in [0.1, 0.15) is 25.3 Å². The first-order valence-electron chi connectivity index (χ1n) is 6.71. The maximum absolute atomic E-state index is 12.2. The Morgan fingerprint density at radius 2 is 2.10 bits per heavy atom. The van der Waals surface area contributed by atoms with Crippen molar-refractivity contribution >= 4 is 21.4 Å². The average Bonchev–Trinajstić information content (AvgIpc) is 2.90. The van der Waals surface area contributed by atoms with E-state index in [1.54, 1.807) is 5.38 Å². The highest BCUT2D eigenvalue weighted by molar-refractivity contribution is 7.91. The molecule has 114 valence electrons. The molecule has 5 nitrogen and oxygen atoms in total. The van der Waals surface area contributed by atoms with Gasteiger partial charge in [0.05, 0.1) is 6.61 Å². The standard InChI is InChI=1S/C13H22N2O3S2/c1-13(3-5-15(2)6-4-13)10-14-20(17,18)12-7-11(8-16)9-19-12/h7,9,14,16H,3-6,8,10H2,1-2H3. The molecule has 2 N–H and O–H groups in total. The van der Waals surface area contributed by atoms with Gasteiger partial charge in [0.15, 0.2) is 0 Å². The molecule has 0 unspecified atom stereocenters. The fourth-order valence-electron chi connectivity index (χ4n) is 2.25. The second-order valence-corrected chi connectivity index (χ2v) is 8.78. The third kappa shape index (κ3) is 3.79. The van der Waals surface area contributed by atoms with Crippen molar-refractivity contribution in [3.05, 3.63) is 17.0 Å². The van der Waals surface area contributed by atoms with E-state index in [0.29, 0.717) is 12.1 Å². The summed E-state index contributed by atoms with van der Waals surface area (Å²) in [6.07, 6.45) is 2.00. The van der Waals surface area contributed by atoms with Crippen LogP contribution in [0.5, 0.6) is 0 Å². The van der Waals surface area contributed by atoms with Gasteiger partial charge in [-0.1, -0.05) is 6.92 Å². The van der Waals surface area contributed by atoms with E-state index in [-0.39, 0.29) is 16.2 Å². The van der Waals surface area contributed by atoms with Gasteiger partial charge >= 0.3 is 0 Å². The predicted molar refractivity (Wildman–Crippen MR) is 80.3 cm³/mol. The van der Waals surface area contributed by atoms with Crippen LogP contribution >= 0.6 is 11.3 Å². The fourth-order valence-corrected chi connectivity index (χ4v) is 4.70. The fraction of sp³-hybridized carbons (Fsp3) is 0.692. The van der Waals surface area contributed by atoms with Crippen LogP contribution in [-0.4, -0.2) is 45.1 Å². The summed E-state index contributed by atoms with van der Waals surface area (Å²) in [6, 6.07) is 1.53. The zero-order valence-corrected chi connectivity index (χ0v) is 13.6. The summed E-state index contributed by atoms with van der Waals surface area (Å²) < 4.78 is 27.4. The average molecular weight is 318 g/mol. The maximum atomic E-state index is 12.2. The molecule has 1 aliphatic heterocycles. The summed E-state index contributed by atoms with van der Waals surface area (Å²) in [7, 11) is -1.37. The first-order valence-corrected chi connectivity index (χ1v) is 9.07. The minimum atomic E-state index is -3.46. The molecular formula is C13H22N2O3S2. The smallest absolute Gasteiger partial charge is 0.250 e. The Bertz CT molecular complexity index is 546. The van der Waals surface area contributed by atoms with E-state index in [1.807, 2.05) is 0 Å². The van der Waals surface area contributed by atoms with E-state index in [4.69, 9.17) is 5.11 Å². The molecule has 0 bridgehead atoms. The lowest BCUT2D eigenvalue weighted by molar-refractivity contribution is 0.143. The Morgan fingerprint density at radius 3 is 2.65 bits per heavy atom. The lowest BCUT2D eigenvalue weighted by Crippen LogP contribution is -2.43. The third-order valence-corrected chi connectivity index (χ3v) is 6.85. The molecule has 20 heavy (non-hydrogen) atoms. The molecule has 2 heterocycles. The van der Waals surface area contributed by atoms with Gasteiger partial charge in [-0.3, -0.25) is 0 Å². The van der Waals surface area contributed by atoms with Crippen molar-refractivity contribution in [1.29, 1.82) is 0 Å². The molecule has 7 heteroatoms. The first kappa shape index (κ1) is 15.9. The molecule has 0 radical (unpaired) electrons. The quantitative estimate of drug-likeness (QED) is 0.857. The van der Waals surface area contributed by atoms with Gasteiger partial charge in [-0.15, -0.1) is 11.3 Å². The van der Waals surface area contributed by atoms with Crippen molar-refractivity contribution in [2.24, 2.45) is 5.41 Å². The molecule has 0 saturated carbocycles. The van der Waals surface area contributed by atoms with Crippen LogP contribution in [0, 0.1) is 5.41 Å². The molecule has 0 aliphatic carbocycles. The second-order valence-electron chi connectivity index (χ2n) is 5.87. The Balaban J connectivity index is 1.98. The number of nitrogens with zero attached hydrogens (tertiary/aromatic N) is 1. The molecule has 0 atom stereocenters. The number of likely N-dealkylation sites (tertiary alicyclic amines) is 1. The molecule has 1 fully saturated rings. The Hall–Kier alpha value is -0.470. The second kappa shape index (κ2) is 6.11. The highest BCUT2D eigenvalue weighted by Crippen LogP contribution is 2.30. The van der Waals surface area contributed by atoms with Crippen molar-refractivity contribution in [2.45, 2.75) is 30.6 Å². The molecule has 1 saturated heterocycles. The summed E-state index contributed by atoms with van der Waals surface area (Å²) in [5, 5.41) is 10.7. The zero-order chi connectivity index (χ0) is 14.8. The minimum absolute atomic E-state index is 0.0245. The van der Waals surface area contributed by atoms with Crippen LogP contribution in [0.4, 0.5) is 0 Å². The molecule has 0 spiro atoms. The molecule has 1 aliphatic rings. The number of sulfonamides is 1. The number of nitrogens with one attached hydrogen (secondary N) is 1. The van der Waals surface area contributed by atoms with Gasteiger partial charge in [-0.05, 0) is 55.4 Å². The number of aliphatic hydroxyl groups is 1. The molecule has 0 amide bonds. The van der Waals surface area contributed by atoms with E-state index < -0.39 is 10.0 Å². The van der Waals surface area contributed by atoms with Crippen molar-refractivity contribution in [3.8, 4) is 0 Å². The third-order valence-electron chi connectivity index (χ3n) is 3.96. The van der Waals surface area contributed by atoms with Crippen molar-refractivity contribution in [2.75, 3.05) is 26.7 Å². The highest BCUT2D eigenvalue weighted by atomic mass is 32.2. The lowest BCUT2D eigenvalue weighted by Gasteiger charge is -2.37. The molecular weight excluding hydrogens is 296 g/mol. The van der Waals surface area contributed by atoms with Crippen molar-refractivity contribution in [1.82, 2.24) is 9.62 Å². The SMILES string of the molecule is CN1CCC(C)(CNS(=O)(=O)c2cc(CO)cs2)CC1. The maximum Gasteiger partial charge on any atom is 0.250 e. The van der Waals surface area contributed by atoms with Gasteiger partial charge in [-0.25, -0.2) is 13.1 Å². The Labute approximate surface area is 124 Å². The summed E-state index contributed by atoms with van der Waals surface area (Å²) in [5.74, 6) is 0. The largest absolute Gasteiger partial charge is 0.392 e. The molecule has 1 aromatic rings. The lowest BCUT2D eigenvalue weighted by atomic mass is 9.81. The van der Waals surface area contributed by atoms with Crippen LogP contribution in [-0.2, 0) is 16.6 Å². The van der Waals surface area contributed by atoms with Crippen molar-refractivity contribution < 1.29 is 13.5 Å². The number of hydrogen-bond donors (Lipinski definition) is 2. The monoisotopic (exact) mass is 318 g/mol. The van der Waals surface area contributed by atoms with Gasteiger partial charge in [0, 0.05) is 6.54 Å². The molecule has 0 aromatic carbocycles. The summed E-state index contributed by atoms with van der Waals surface area (Å²) in [6.45, 7) is 4.49. The van der Waals surface area contributed by atoms with Crippen LogP contribution in [0.2, 0.25) is 0 Å². The molecule has 2 rings (SSSR count). The zero-order valence-electron chi connectivity index (χ0n) is 11.9. The van der Waals surface area contributed by atoms with Gasteiger partial charge in [0.25, 0.3) is 0 Å². The Morgan fingerprint density at radius 1 is 1.45 bits per heavy atom. The summed E-state index contributed by atoms with van der Waals surface area (Å²) in [4.78, 5) is 2.27. The van der Waals surface area contributed by atoms with Crippen LogP contribution in [0.25, 0.3) is 0 Å². The first-order chi connectivity index (χ1) is 9.35. The van der Waals surface area contributed by atoms with Gasteiger partial charge in [0.2, 0.25) is 10.0 Å². The predicted octanol–water partition coefficient (Wildman–Crippen LogP) is 1.25. The number of aliphatic hydroxyl groups excluding tert-OH is 1. The van der Waals surface area contributed by atoms with E-state index in [2.05, 4.69) is 23.6 Å². The topological polar surface area (TPSA) is 69.6 Å². The van der Waals surface area contributed by atoms with Crippen LogP contribution in [0.3, 0.4) is 0 Å². The van der Waals surface area contributed by atoms with Gasteiger partial charge in [-0.2, -0.15) is 0 Å².